The Morgan fingerprint density at radius 3 is 1.37 bits per heavy atom. The number of hydrogen-bond donors (Lipinski definition) is 0. The van der Waals surface area contributed by atoms with Crippen LogP contribution in [0.25, 0.3) is 0 Å². The van der Waals surface area contributed by atoms with E-state index in [0.29, 0.717) is 0 Å². The third-order valence-electron chi connectivity index (χ3n) is 3.03. The van der Waals surface area contributed by atoms with E-state index in [1.807, 2.05) is 0 Å². The topological polar surface area (TPSA) is 23.1 Å². The maximum absolute atomic E-state index is 11.2. The summed E-state index contributed by atoms with van der Waals surface area (Å²) in [5.41, 5.74) is -2.96. The van der Waals surface area contributed by atoms with Gasteiger partial charge in [0.05, 0.1) is 32.7 Å². The predicted molar refractivity (Wildman–Crippen MR) is 58.0 cm³/mol. The minimum atomic E-state index is -5.60. The normalized spacial score (nSPS) is 13.8. The average Bonchev–Trinajstić information content (AvgIpc) is 2.25. The van der Waals surface area contributed by atoms with Crippen molar-refractivity contribution in [3.63, 3.8) is 0 Å². The van der Waals surface area contributed by atoms with E-state index >= 15 is 0 Å². The van der Waals surface area contributed by atoms with Gasteiger partial charge in [0.25, 0.3) is 6.43 Å². The van der Waals surface area contributed by atoms with Gasteiger partial charge < -0.3 is 9.59 Å². The van der Waals surface area contributed by atoms with Crippen LogP contribution >= 0.6 is 0 Å². The summed E-state index contributed by atoms with van der Waals surface area (Å²) in [6, 6.07) is -3.15. The molecule has 0 heterocycles. The van der Waals surface area contributed by atoms with Crippen LogP contribution in [0.4, 0.5) is 26.3 Å². The summed E-state index contributed by atoms with van der Waals surface area (Å²) in [7, 11) is 2.29. The number of hydrogen-bond acceptors (Lipinski definition) is 1. The first-order chi connectivity index (χ1) is 8.45. The highest BCUT2D eigenvalue weighted by Gasteiger charge is 2.40. The maximum atomic E-state index is 11.2. The molecule has 0 aromatic heterocycles. The first kappa shape index (κ1) is 20.4. The molecule has 0 amide bonds. The van der Waals surface area contributed by atoms with E-state index in [1.165, 1.54) is 24.1 Å². The fourth-order valence-corrected chi connectivity index (χ4v) is 0.992. The molecule has 0 aliphatic rings. The van der Waals surface area contributed by atoms with Gasteiger partial charge in [-0.05, 0) is 20.8 Å². The van der Waals surface area contributed by atoms with Crippen LogP contribution < -0.4 is 5.11 Å². The standard InChI is InChI=1S/C7H18N.C4H2F6O/c1-5-8(4,6-2)7-3;5-2(6)1(3(7)11)4(8,9)10/h5-7H2,1-4H3;2,11H/q+1;/p-1. The van der Waals surface area contributed by atoms with Crippen molar-refractivity contribution in [2.75, 3.05) is 26.7 Å². The van der Waals surface area contributed by atoms with Gasteiger partial charge in [0.15, 0.2) is 0 Å². The highest BCUT2D eigenvalue weighted by molar-refractivity contribution is 5.11. The first-order valence-electron chi connectivity index (χ1n) is 5.70. The molecule has 0 saturated heterocycles. The molecule has 116 valence electrons. The van der Waals surface area contributed by atoms with Gasteiger partial charge in [-0.25, -0.2) is 13.2 Å². The van der Waals surface area contributed by atoms with Gasteiger partial charge in [0.2, 0.25) is 0 Å². The summed E-state index contributed by atoms with van der Waals surface area (Å²) in [6.07, 6.45) is -9.73. The van der Waals surface area contributed by atoms with Crippen LogP contribution in [-0.2, 0) is 0 Å². The molecule has 0 bridgehead atoms. The highest BCUT2D eigenvalue weighted by Crippen LogP contribution is 2.31. The molecule has 0 atom stereocenters. The summed E-state index contributed by atoms with van der Waals surface area (Å²) in [5.74, 6) is 0. The summed E-state index contributed by atoms with van der Waals surface area (Å²) in [6.45, 7) is 10.5. The number of nitrogens with zero attached hydrogens (tertiary/aromatic N) is 1. The molecule has 0 aliphatic heterocycles. The molecule has 2 nitrogen and oxygen atoms in total. The molecule has 0 spiro atoms. The van der Waals surface area contributed by atoms with Gasteiger partial charge >= 0.3 is 6.18 Å². The van der Waals surface area contributed by atoms with Crippen molar-refractivity contribution in [3.8, 4) is 0 Å². The van der Waals surface area contributed by atoms with Crippen molar-refractivity contribution in [2.45, 2.75) is 33.4 Å². The van der Waals surface area contributed by atoms with Crippen molar-refractivity contribution in [3.05, 3.63) is 11.6 Å². The Morgan fingerprint density at radius 2 is 1.37 bits per heavy atom. The second-order valence-electron chi connectivity index (χ2n) is 4.05. The summed E-state index contributed by atoms with van der Waals surface area (Å²) < 4.78 is 68.6. The van der Waals surface area contributed by atoms with Crippen LogP contribution in [0.5, 0.6) is 0 Å². The van der Waals surface area contributed by atoms with E-state index in [0.717, 1.165) is 0 Å². The molecule has 0 rings (SSSR count). The fourth-order valence-electron chi connectivity index (χ4n) is 0.992. The van der Waals surface area contributed by atoms with E-state index in [9.17, 15) is 31.4 Å². The zero-order chi connectivity index (χ0) is 15.9. The van der Waals surface area contributed by atoms with E-state index in [1.54, 1.807) is 0 Å². The highest BCUT2D eigenvalue weighted by atomic mass is 19.4. The Bertz CT molecular complexity index is 271. The van der Waals surface area contributed by atoms with E-state index < -0.39 is 24.2 Å². The molecule has 0 N–H and O–H groups in total. The summed E-state index contributed by atoms with van der Waals surface area (Å²) in [4.78, 5) is 0. The van der Waals surface area contributed by atoms with Gasteiger partial charge in [0, 0.05) is 0 Å². The molecule has 0 aliphatic carbocycles. The lowest BCUT2D eigenvalue weighted by Gasteiger charge is -2.30. The third-order valence-corrected chi connectivity index (χ3v) is 3.03. The molecular weight excluding hydrogens is 276 g/mol. The third kappa shape index (κ3) is 7.97. The lowest BCUT2D eigenvalue weighted by atomic mass is 10.3. The lowest BCUT2D eigenvalue weighted by molar-refractivity contribution is -0.904. The number of halogens is 6. The average molecular weight is 295 g/mol. The SMILES string of the molecule is CC[N+](C)(CC)CC.[O-]C(F)=C(C(F)F)C(F)(F)F. The number of allylic oxidation sites excluding steroid dienone is 1. The summed E-state index contributed by atoms with van der Waals surface area (Å²) in [5, 5.41) is 9.33. The molecule has 0 saturated carbocycles. The lowest BCUT2D eigenvalue weighted by Crippen LogP contribution is -2.42. The maximum Gasteiger partial charge on any atom is 0.419 e. The number of alkyl halides is 5. The molecular formula is C11H19F6NO. The van der Waals surface area contributed by atoms with E-state index in [-0.39, 0.29) is 0 Å². The second-order valence-corrected chi connectivity index (χ2v) is 4.05. The van der Waals surface area contributed by atoms with Crippen LogP contribution in [-0.4, -0.2) is 43.8 Å². The molecule has 19 heavy (non-hydrogen) atoms. The van der Waals surface area contributed by atoms with Crippen LogP contribution in [0.1, 0.15) is 20.8 Å². The van der Waals surface area contributed by atoms with E-state index in [2.05, 4.69) is 27.8 Å². The Hall–Kier alpha value is -0.920. The van der Waals surface area contributed by atoms with Crippen molar-refractivity contribution >= 4 is 0 Å². The van der Waals surface area contributed by atoms with Crippen LogP contribution in [0.2, 0.25) is 0 Å². The van der Waals surface area contributed by atoms with Gasteiger partial charge in [-0.1, -0.05) is 0 Å². The van der Waals surface area contributed by atoms with Crippen molar-refractivity contribution in [1.82, 2.24) is 0 Å². The van der Waals surface area contributed by atoms with E-state index in [4.69, 9.17) is 0 Å². The zero-order valence-electron chi connectivity index (χ0n) is 11.3. The Morgan fingerprint density at radius 1 is 1.05 bits per heavy atom. The quantitative estimate of drug-likeness (QED) is 0.444. The Labute approximate surface area is 108 Å². The summed E-state index contributed by atoms with van der Waals surface area (Å²) >= 11 is 0. The van der Waals surface area contributed by atoms with Crippen LogP contribution in [0, 0.1) is 0 Å². The molecule has 8 heteroatoms. The van der Waals surface area contributed by atoms with Crippen molar-refractivity contribution < 1.29 is 35.9 Å². The minimum Gasteiger partial charge on any atom is -0.851 e. The van der Waals surface area contributed by atoms with Gasteiger partial charge in [-0.3, -0.25) is 0 Å². The predicted octanol–water partition coefficient (Wildman–Crippen LogP) is 2.85. The molecule has 0 unspecified atom stereocenters. The number of quaternary nitrogens is 1. The van der Waals surface area contributed by atoms with Crippen LogP contribution in [0.3, 0.4) is 0 Å². The first-order valence-corrected chi connectivity index (χ1v) is 5.70. The molecule has 0 aromatic rings. The largest absolute Gasteiger partial charge is 0.851 e. The van der Waals surface area contributed by atoms with Gasteiger partial charge in [-0.2, -0.15) is 13.2 Å². The van der Waals surface area contributed by atoms with Gasteiger partial charge in [0.1, 0.15) is 5.57 Å². The monoisotopic (exact) mass is 295 g/mol. The van der Waals surface area contributed by atoms with Gasteiger partial charge in [-0.15, -0.1) is 0 Å². The second kappa shape index (κ2) is 8.29. The Kier molecular flexibility index (Phi) is 8.90. The number of rotatable bonds is 4. The van der Waals surface area contributed by atoms with Crippen molar-refractivity contribution in [2.24, 2.45) is 0 Å². The van der Waals surface area contributed by atoms with Crippen LogP contribution in [0.15, 0.2) is 11.6 Å². The minimum absolute atomic E-state index is 1.21. The smallest absolute Gasteiger partial charge is 0.419 e. The fraction of sp³-hybridized carbons (Fsp3) is 0.818. The molecule has 0 aromatic carbocycles. The molecule has 0 radical (unpaired) electrons. The Balaban J connectivity index is 0. The van der Waals surface area contributed by atoms with Crippen molar-refractivity contribution in [1.29, 1.82) is 0 Å². The zero-order valence-corrected chi connectivity index (χ0v) is 11.3. The molecule has 0 fully saturated rings.